The first-order chi connectivity index (χ1) is 14.9. The lowest BCUT2D eigenvalue weighted by Crippen LogP contribution is -2.44. The molecular formula is C22H32N4O4S. The van der Waals surface area contributed by atoms with Crippen molar-refractivity contribution in [2.75, 3.05) is 52.2 Å². The van der Waals surface area contributed by atoms with Crippen molar-refractivity contribution in [1.82, 2.24) is 15.5 Å². The van der Waals surface area contributed by atoms with Crippen LogP contribution in [0.4, 0.5) is 0 Å². The van der Waals surface area contributed by atoms with Crippen LogP contribution in [0.15, 0.2) is 50.9 Å². The molecule has 31 heavy (non-hydrogen) atoms. The molecule has 9 heteroatoms. The highest BCUT2D eigenvalue weighted by Crippen LogP contribution is 2.17. The normalized spacial score (nSPS) is 15.7. The molecular weight excluding hydrogens is 416 g/mol. The van der Waals surface area contributed by atoms with Crippen molar-refractivity contribution in [1.29, 1.82) is 0 Å². The van der Waals surface area contributed by atoms with Crippen molar-refractivity contribution in [3.8, 4) is 0 Å². The minimum Gasteiger partial charge on any atom is -0.469 e. The fourth-order valence-corrected chi connectivity index (χ4v) is 4.45. The standard InChI is InChI=1S/C22H32N4O4S/c1-18-16-19(5-6-21(18)31(2,27)28)17-25-22(23-8-7-20-4-3-13-30-20)24-9-10-26-11-14-29-15-12-26/h3-6,13,16H,7-12,14-15,17H2,1-2H3,(H2,23,24,25). The molecule has 8 nitrogen and oxygen atoms in total. The van der Waals surface area contributed by atoms with Gasteiger partial charge < -0.3 is 19.8 Å². The maximum absolute atomic E-state index is 11.8. The maximum Gasteiger partial charge on any atom is 0.191 e. The van der Waals surface area contributed by atoms with Crippen LogP contribution in [0, 0.1) is 6.92 Å². The summed E-state index contributed by atoms with van der Waals surface area (Å²) in [6, 6.07) is 9.20. The second kappa shape index (κ2) is 11.3. The number of rotatable bonds is 9. The maximum atomic E-state index is 11.8. The summed E-state index contributed by atoms with van der Waals surface area (Å²) in [5, 5.41) is 6.75. The molecule has 1 aliphatic heterocycles. The summed E-state index contributed by atoms with van der Waals surface area (Å²) in [4.78, 5) is 7.43. The minimum absolute atomic E-state index is 0.362. The predicted molar refractivity (Wildman–Crippen MR) is 121 cm³/mol. The summed E-state index contributed by atoms with van der Waals surface area (Å²) < 4.78 is 34.4. The van der Waals surface area contributed by atoms with Gasteiger partial charge in [0, 0.05) is 45.4 Å². The van der Waals surface area contributed by atoms with Crippen molar-refractivity contribution in [2.45, 2.75) is 24.8 Å². The van der Waals surface area contributed by atoms with E-state index in [0.29, 0.717) is 18.0 Å². The molecule has 3 rings (SSSR count). The first kappa shape index (κ1) is 23.3. The number of morpholine rings is 1. The van der Waals surface area contributed by atoms with Crippen molar-refractivity contribution >= 4 is 15.8 Å². The van der Waals surface area contributed by atoms with Crippen LogP contribution in [0.2, 0.25) is 0 Å². The monoisotopic (exact) mass is 448 g/mol. The molecule has 1 fully saturated rings. The summed E-state index contributed by atoms with van der Waals surface area (Å²) in [6.45, 7) is 8.13. The lowest BCUT2D eigenvalue weighted by Gasteiger charge is -2.26. The molecule has 1 saturated heterocycles. The van der Waals surface area contributed by atoms with Crippen LogP contribution in [0.5, 0.6) is 0 Å². The molecule has 0 amide bonds. The zero-order valence-electron chi connectivity index (χ0n) is 18.3. The number of benzene rings is 1. The van der Waals surface area contributed by atoms with Gasteiger partial charge in [0.15, 0.2) is 15.8 Å². The van der Waals surface area contributed by atoms with Gasteiger partial charge in [0.1, 0.15) is 5.76 Å². The smallest absolute Gasteiger partial charge is 0.191 e. The van der Waals surface area contributed by atoms with E-state index in [1.54, 1.807) is 12.3 Å². The Morgan fingerprint density at radius 2 is 1.94 bits per heavy atom. The van der Waals surface area contributed by atoms with Crippen LogP contribution in [-0.2, 0) is 27.5 Å². The fourth-order valence-electron chi connectivity index (χ4n) is 3.49. The zero-order chi connectivity index (χ0) is 22.1. The van der Waals surface area contributed by atoms with Gasteiger partial charge in [-0.1, -0.05) is 12.1 Å². The molecule has 1 aliphatic rings. The summed E-state index contributed by atoms with van der Waals surface area (Å²) in [6.07, 6.45) is 3.67. The lowest BCUT2D eigenvalue weighted by molar-refractivity contribution is 0.0389. The summed E-state index contributed by atoms with van der Waals surface area (Å²) in [7, 11) is -3.22. The van der Waals surface area contributed by atoms with Crippen LogP contribution in [0.3, 0.4) is 0 Å². The van der Waals surface area contributed by atoms with Gasteiger partial charge in [0.25, 0.3) is 0 Å². The van der Waals surface area contributed by atoms with E-state index in [1.807, 2.05) is 31.2 Å². The molecule has 170 valence electrons. The number of hydrogen-bond acceptors (Lipinski definition) is 6. The molecule has 2 heterocycles. The van der Waals surface area contributed by atoms with Crippen molar-refractivity contribution < 1.29 is 17.6 Å². The topological polar surface area (TPSA) is 96.2 Å². The van der Waals surface area contributed by atoms with E-state index in [-0.39, 0.29) is 0 Å². The first-order valence-electron chi connectivity index (χ1n) is 10.6. The first-order valence-corrected chi connectivity index (χ1v) is 12.5. The Hall–Kier alpha value is -2.36. The molecule has 0 radical (unpaired) electrons. The fraction of sp³-hybridized carbons (Fsp3) is 0.500. The lowest BCUT2D eigenvalue weighted by atomic mass is 10.1. The Kier molecular flexibility index (Phi) is 8.51. The molecule has 0 spiro atoms. The molecule has 0 unspecified atom stereocenters. The van der Waals surface area contributed by atoms with E-state index >= 15 is 0 Å². The van der Waals surface area contributed by atoms with E-state index in [2.05, 4.69) is 15.5 Å². The van der Waals surface area contributed by atoms with Crippen molar-refractivity contribution in [3.05, 3.63) is 53.5 Å². The molecule has 0 bridgehead atoms. The SMILES string of the molecule is Cc1cc(CN=C(NCCc2ccco2)NCCN2CCOCC2)ccc1S(C)(=O)=O. The number of aryl methyl sites for hydroxylation is 1. The number of hydrogen-bond donors (Lipinski definition) is 2. The third kappa shape index (κ3) is 7.68. The van der Waals surface area contributed by atoms with Gasteiger partial charge in [-0.3, -0.25) is 4.90 Å². The highest BCUT2D eigenvalue weighted by molar-refractivity contribution is 7.90. The highest BCUT2D eigenvalue weighted by Gasteiger charge is 2.12. The van der Waals surface area contributed by atoms with E-state index in [1.165, 1.54) is 6.26 Å². The highest BCUT2D eigenvalue weighted by atomic mass is 32.2. The summed E-state index contributed by atoms with van der Waals surface area (Å²) >= 11 is 0. The van der Waals surface area contributed by atoms with Crippen LogP contribution >= 0.6 is 0 Å². The number of aliphatic imine (C=N–C) groups is 1. The Bertz CT molecular complexity index is 952. The third-order valence-corrected chi connectivity index (χ3v) is 6.38. The third-order valence-electron chi connectivity index (χ3n) is 5.13. The molecule has 0 saturated carbocycles. The quantitative estimate of drug-likeness (QED) is 0.444. The molecule has 0 atom stereocenters. The number of ether oxygens (including phenoxy) is 1. The summed E-state index contributed by atoms with van der Waals surface area (Å²) in [5.41, 5.74) is 1.70. The van der Waals surface area contributed by atoms with Gasteiger partial charge >= 0.3 is 0 Å². The van der Waals surface area contributed by atoms with Crippen LogP contribution in [0.25, 0.3) is 0 Å². The number of guanidine groups is 1. The Labute approximate surface area is 184 Å². The van der Waals surface area contributed by atoms with E-state index in [0.717, 1.165) is 68.7 Å². The number of furan rings is 1. The van der Waals surface area contributed by atoms with Gasteiger partial charge in [-0.25, -0.2) is 13.4 Å². The minimum atomic E-state index is -3.22. The predicted octanol–water partition coefficient (Wildman–Crippen LogP) is 1.60. The van der Waals surface area contributed by atoms with Gasteiger partial charge in [-0.05, 0) is 36.2 Å². The average molecular weight is 449 g/mol. The summed E-state index contributed by atoms with van der Waals surface area (Å²) in [5.74, 6) is 1.65. The van der Waals surface area contributed by atoms with Gasteiger partial charge in [-0.2, -0.15) is 0 Å². The van der Waals surface area contributed by atoms with E-state index in [9.17, 15) is 8.42 Å². The second-order valence-electron chi connectivity index (χ2n) is 7.67. The van der Waals surface area contributed by atoms with Crippen LogP contribution < -0.4 is 10.6 Å². The van der Waals surface area contributed by atoms with E-state index in [4.69, 9.17) is 14.1 Å². The van der Waals surface area contributed by atoms with Gasteiger partial charge in [-0.15, -0.1) is 0 Å². The Morgan fingerprint density at radius 3 is 2.61 bits per heavy atom. The van der Waals surface area contributed by atoms with Crippen LogP contribution in [0.1, 0.15) is 16.9 Å². The number of nitrogens with one attached hydrogen (secondary N) is 2. The number of nitrogens with zero attached hydrogens (tertiary/aromatic N) is 2. The molecule has 2 aromatic rings. The van der Waals surface area contributed by atoms with E-state index < -0.39 is 9.84 Å². The zero-order valence-corrected chi connectivity index (χ0v) is 19.1. The van der Waals surface area contributed by atoms with Crippen molar-refractivity contribution in [3.63, 3.8) is 0 Å². The number of sulfone groups is 1. The van der Waals surface area contributed by atoms with Gasteiger partial charge in [0.05, 0.1) is 30.9 Å². The van der Waals surface area contributed by atoms with Crippen molar-refractivity contribution in [2.24, 2.45) is 4.99 Å². The van der Waals surface area contributed by atoms with Gasteiger partial charge in [0.2, 0.25) is 0 Å². The molecule has 2 N–H and O–H groups in total. The second-order valence-corrected chi connectivity index (χ2v) is 9.66. The average Bonchev–Trinajstić information content (AvgIpc) is 3.25. The Balaban J connectivity index is 1.59. The molecule has 1 aromatic carbocycles. The largest absolute Gasteiger partial charge is 0.469 e. The van der Waals surface area contributed by atoms with Crippen LogP contribution in [-0.4, -0.2) is 71.5 Å². The molecule has 1 aromatic heterocycles. The molecule has 0 aliphatic carbocycles. The Morgan fingerprint density at radius 1 is 1.16 bits per heavy atom.